The molecule has 83 heavy (non-hydrogen) atoms. The number of ether oxygens (including phenoxy) is 1. The van der Waals surface area contributed by atoms with Crippen molar-refractivity contribution in [2.75, 3.05) is 10.6 Å². The summed E-state index contributed by atoms with van der Waals surface area (Å²) in [5.41, 5.74) is 23.4. The summed E-state index contributed by atoms with van der Waals surface area (Å²) >= 11 is 0. The number of nitrogens with zero attached hydrogens (tertiary/aromatic N) is 2. The minimum Gasteiger partial charge on any atom is -0.457 e. The van der Waals surface area contributed by atoms with E-state index in [9.17, 15) is 0 Å². The summed E-state index contributed by atoms with van der Waals surface area (Å²) in [6.07, 6.45) is 1.96. The van der Waals surface area contributed by atoms with E-state index in [-0.39, 0.29) is 16.2 Å². The molecule has 0 amide bonds. The van der Waals surface area contributed by atoms with Crippen LogP contribution in [0.3, 0.4) is 0 Å². The number of para-hydroxylation sites is 4. The number of nitrogens with one attached hydrogen (secondary N) is 2. The van der Waals surface area contributed by atoms with E-state index in [1.54, 1.807) is 0 Å². The summed E-state index contributed by atoms with van der Waals surface area (Å²) in [5, 5.41) is 10.3. The molecular formula is C78H68N4O. The highest BCUT2D eigenvalue weighted by Gasteiger charge is 2.54. The molecule has 12 aromatic rings. The molecule has 2 aliphatic carbocycles. The molecule has 2 aromatic heterocycles. The topological polar surface area (TPSA) is 51.1 Å². The largest absolute Gasteiger partial charge is 0.457 e. The molecule has 406 valence electrons. The number of hydrogen-bond acceptors (Lipinski definition) is 4. The molecule has 10 aromatic carbocycles. The predicted octanol–water partition coefficient (Wildman–Crippen LogP) is 21.0. The minimum absolute atomic E-state index is 0.0423. The lowest BCUT2D eigenvalue weighted by molar-refractivity contribution is 0.485. The number of aromatic nitrogens is 2. The summed E-state index contributed by atoms with van der Waals surface area (Å²) < 4.78 is 9.91. The van der Waals surface area contributed by atoms with Gasteiger partial charge in [-0.1, -0.05) is 238 Å². The van der Waals surface area contributed by atoms with Crippen LogP contribution in [0.15, 0.2) is 237 Å². The van der Waals surface area contributed by atoms with Gasteiger partial charge in [0.25, 0.3) is 0 Å². The lowest BCUT2D eigenvalue weighted by Gasteiger charge is -2.31. The first-order chi connectivity index (χ1) is 40.1. The normalized spacial score (nSPS) is 13.2. The SMILES string of the molecule is CC(C)(C)c1cc(-c2cccc(-c3ccccc3)c2Nc2ccccc2Nc2cccc(Oc3cc4c(c5c3-c3ccccc3C53c5ccccc5-c5ccccc53)c3ccccc3n4-c3cc(C(C)(C)C)ccn3)c2)cc(C(C)(C)C)c1. The Bertz CT molecular complexity index is 4460. The molecule has 0 unspecified atom stereocenters. The third-order valence-electron chi connectivity index (χ3n) is 17.3. The highest BCUT2D eigenvalue weighted by Crippen LogP contribution is 2.66. The van der Waals surface area contributed by atoms with Crippen molar-refractivity contribution in [1.29, 1.82) is 0 Å². The van der Waals surface area contributed by atoms with Crippen LogP contribution >= 0.6 is 0 Å². The first-order valence-electron chi connectivity index (χ1n) is 29.2. The average Bonchev–Trinajstić information content (AvgIpc) is 2.26. The van der Waals surface area contributed by atoms with Gasteiger partial charge >= 0.3 is 0 Å². The van der Waals surface area contributed by atoms with E-state index < -0.39 is 5.41 Å². The average molecular weight is 1080 g/mol. The van der Waals surface area contributed by atoms with Crippen molar-refractivity contribution in [1.82, 2.24) is 9.55 Å². The Balaban J connectivity index is 0.929. The Kier molecular flexibility index (Phi) is 12.0. The third-order valence-corrected chi connectivity index (χ3v) is 17.3. The lowest BCUT2D eigenvalue weighted by atomic mass is 9.69. The van der Waals surface area contributed by atoms with Crippen molar-refractivity contribution in [3.05, 3.63) is 276 Å². The van der Waals surface area contributed by atoms with Gasteiger partial charge in [0.2, 0.25) is 0 Å². The van der Waals surface area contributed by atoms with Crippen molar-refractivity contribution in [3.8, 4) is 61.8 Å². The van der Waals surface area contributed by atoms with Gasteiger partial charge in [-0.3, -0.25) is 4.57 Å². The van der Waals surface area contributed by atoms with Gasteiger partial charge in [-0.15, -0.1) is 0 Å². The van der Waals surface area contributed by atoms with E-state index in [4.69, 9.17) is 9.72 Å². The number of fused-ring (bicyclic) bond motifs is 14. The van der Waals surface area contributed by atoms with E-state index in [1.165, 1.54) is 72.0 Å². The van der Waals surface area contributed by atoms with Crippen LogP contribution in [0.2, 0.25) is 0 Å². The Morgan fingerprint density at radius 2 is 0.964 bits per heavy atom. The van der Waals surface area contributed by atoms with Gasteiger partial charge in [-0.25, -0.2) is 4.98 Å². The Labute approximate surface area is 488 Å². The first kappa shape index (κ1) is 51.7. The number of rotatable bonds is 9. The van der Waals surface area contributed by atoms with E-state index in [2.05, 4.69) is 308 Å². The van der Waals surface area contributed by atoms with Gasteiger partial charge in [-0.2, -0.15) is 0 Å². The van der Waals surface area contributed by atoms with E-state index in [0.29, 0.717) is 5.75 Å². The number of hydrogen-bond donors (Lipinski definition) is 2. The van der Waals surface area contributed by atoms with Gasteiger partial charge < -0.3 is 15.4 Å². The second-order valence-electron chi connectivity index (χ2n) is 25.7. The van der Waals surface area contributed by atoms with Crippen molar-refractivity contribution in [3.63, 3.8) is 0 Å². The maximum atomic E-state index is 7.54. The lowest BCUT2D eigenvalue weighted by Crippen LogP contribution is -2.26. The fourth-order valence-corrected chi connectivity index (χ4v) is 13.2. The highest BCUT2D eigenvalue weighted by molar-refractivity contribution is 6.17. The van der Waals surface area contributed by atoms with Crippen molar-refractivity contribution in [2.24, 2.45) is 0 Å². The van der Waals surface area contributed by atoms with Crippen molar-refractivity contribution < 1.29 is 4.74 Å². The molecule has 2 aliphatic rings. The maximum Gasteiger partial charge on any atom is 0.137 e. The van der Waals surface area contributed by atoms with E-state index in [0.717, 1.165) is 67.6 Å². The van der Waals surface area contributed by atoms with Crippen LogP contribution < -0.4 is 15.4 Å². The molecule has 0 fully saturated rings. The molecule has 2 heterocycles. The van der Waals surface area contributed by atoms with Crippen LogP contribution in [0.1, 0.15) is 101 Å². The summed E-state index contributed by atoms with van der Waals surface area (Å²) in [5.74, 6) is 2.37. The van der Waals surface area contributed by atoms with Crippen molar-refractivity contribution >= 4 is 44.6 Å². The molecule has 5 heteroatoms. The summed E-state index contributed by atoms with van der Waals surface area (Å²) in [7, 11) is 0. The molecule has 0 saturated carbocycles. The molecule has 0 atom stereocenters. The molecule has 1 spiro atoms. The van der Waals surface area contributed by atoms with Gasteiger partial charge in [0.15, 0.2) is 0 Å². The fourth-order valence-electron chi connectivity index (χ4n) is 13.2. The zero-order valence-electron chi connectivity index (χ0n) is 48.8. The molecule has 2 N–H and O–H groups in total. The van der Waals surface area contributed by atoms with Gasteiger partial charge in [-0.05, 0) is 125 Å². The zero-order valence-corrected chi connectivity index (χ0v) is 48.8. The van der Waals surface area contributed by atoms with Crippen LogP contribution in [0.4, 0.5) is 22.7 Å². The minimum atomic E-state index is -0.643. The van der Waals surface area contributed by atoms with Gasteiger partial charge in [0.1, 0.15) is 17.3 Å². The summed E-state index contributed by atoms with van der Waals surface area (Å²) in [6.45, 7) is 20.6. The molecule has 0 radical (unpaired) electrons. The number of benzene rings is 10. The summed E-state index contributed by atoms with van der Waals surface area (Å²) in [6, 6.07) is 84.1. The van der Waals surface area contributed by atoms with Crippen LogP contribution in [0.25, 0.3) is 72.1 Å². The monoisotopic (exact) mass is 1080 g/mol. The van der Waals surface area contributed by atoms with Gasteiger partial charge in [0, 0.05) is 51.5 Å². The van der Waals surface area contributed by atoms with Crippen LogP contribution in [0.5, 0.6) is 11.5 Å². The molecule has 5 nitrogen and oxygen atoms in total. The van der Waals surface area contributed by atoms with Crippen LogP contribution in [-0.2, 0) is 21.7 Å². The van der Waals surface area contributed by atoms with E-state index >= 15 is 0 Å². The smallest absolute Gasteiger partial charge is 0.137 e. The maximum absolute atomic E-state index is 7.54. The molecule has 0 saturated heterocycles. The zero-order chi connectivity index (χ0) is 57.0. The Morgan fingerprint density at radius 1 is 0.422 bits per heavy atom. The Morgan fingerprint density at radius 3 is 1.63 bits per heavy atom. The molecule has 0 bridgehead atoms. The van der Waals surface area contributed by atoms with Crippen LogP contribution in [-0.4, -0.2) is 9.55 Å². The predicted molar refractivity (Wildman–Crippen MR) is 348 cm³/mol. The summed E-state index contributed by atoms with van der Waals surface area (Å²) in [4.78, 5) is 5.16. The molecular weight excluding hydrogens is 1010 g/mol. The van der Waals surface area contributed by atoms with Crippen molar-refractivity contribution in [2.45, 2.75) is 84.0 Å². The standard InChI is InChI=1S/C78H68N4O/c1-75(2,3)51-41-42-79-70(46-51)82-67-40-22-16-32-61(67)71-68(82)48-69(72-60-31-15-19-37-64(60)78(73(71)72)62-35-17-13-29-58(62)59-30-14-18-36-63(59)78)83-55-28-23-27-54(47-55)80-65-38-20-21-39-66(65)81-74-56(49-25-11-10-12-26-49)33-24-34-57(74)50-43-52(76(4,5)6)45-53(44-50)77(7,8)9/h10-48,80-81H,1-9H3. The fraction of sp³-hybridized carbons (Fsp3) is 0.167. The van der Waals surface area contributed by atoms with E-state index in [1.807, 2.05) is 6.20 Å². The quantitative estimate of drug-likeness (QED) is 0.151. The van der Waals surface area contributed by atoms with Crippen LogP contribution in [0, 0.1) is 0 Å². The second kappa shape index (κ2) is 19.3. The number of anilines is 4. The molecule has 14 rings (SSSR count). The Hall–Kier alpha value is -9.45. The first-order valence-corrected chi connectivity index (χ1v) is 29.2. The molecule has 0 aliphatic heterocycles. The third kappa shape index (κ3) is 8.55. The second-order valence-corrected chi connectivity index (χ2v) is 25.7. The number of pyridine rings is 1. The highest BCUT2D eigenvalue weighted by atomic mass is 16.5. The van der Waals surface area contributed by atoms with Gasteiger partial charge in [0.05, 0.1) is 33.5 Å².